The molecular weight excluding hydrogens is 277 g/mol. The first-order valence-corrected chi connectivity index (χ1v) is 6.39. The maximum absolute atomic E-state index is 11.0. The number of nitrogens with zero attached hydrogens (tertiary/aromatic N) is 1. The van der Waals surface area contributed by atoms with E-state index in [1.54, 1.807) is 18.2 Å². The second-order valence-corrected chi connectivity index (χ2v) is 5.12. The molecule has 0 bridgehead atoms. The summed E-state index contributed by atoms with van der Waals surface area (Å²) in [5.74, 6) is 0. The van der Waals surface area contributed by atoms with Crippen LogP contribution in [0.25, 0.3) is 0 Å². The molecule has 2 N–H and O–H groups in total. The minimum atomic E-state index is -1.00. The van der Waals surface area contributed by atoms with E-state index in [0.29, 0.717) is 28.6 Å². The number of likely N-dealkylation sites (tertiary alicyclic amines) is 1. The average Bonchev–Trinajstić information content (AvgIpc) is 2.81. The van der Waals surface area contributed by atoms with Gasteiger partial charge in [0.25, 0.3) is 0 Å². The quantitative estimate of drug-likeness (QED) is 0.879. The van der Waals surface area contributed by atoms with Gasteiger partial charge in [0.1, 0.15) is 0 Å². The highest BCUT2D eigenvalue weighted by Crippen LogP contribution is 2.32. The van der Waals surface area contributed by atoms with Crippen LogP contribution in [0.4, 0.5) is 4.79 Å². The third kappa shape index (κ3) is 2.55. The Morgan fingerprint density at radius 1 is 1.39 bits per heavy atom. The molecule has 1 aromatic carbocycles. The lowest BCUT2D eigenvalue weighted by atomic mass is 10.0. The molecule has 1 aromatic rings. The van der Waals surface area contributed by atoms with E-state index in [0.717, 1.165) is 6.42 Å². The maximum atomic E-state index is 11.0. The summed E-state index contributed by atoms with van der Waals surface area (Å²) in [6.45, 7) is 0.457. The number of carboxylic acid groups (broad SMARTS) is 1. The Hall–Kier alpha value is -0.970. The van der Waals surface area contributed by atoms with Gasteiger partial charge in [-0.3, -0.25) is 0 Å². The SMILES string of the molecule is O=C(O)N1CCC[C@H]1[C@H](O)c1ccc(Cl)c(Cl)c1. The van der Waals surface area contributed by atoms with Gasteiger partial charge < -0.3 is 15.1 Å². The monoisotopic (exact) mass is 289 g/mol. The second kappa shape index (κ2) is 5.34. The van der Waals surface area contributed by atoms with Gasteiger partial charge in [0.15, 0.2) is 0 Å². The van der Waals surface area contributed by atoms with Gasteiger partial charge in [-0.15, -0.1) is 0 Å². The zero-order valence-electron chi connectivity index (χ0n) is 9.51. The minimum Gasteiger partial charge on any atom is -0.465 e. The second-order valence-electron chi connectivity index (χ2n) is 4.30. The number of rotatable bonds is 2. The number of benzene rings is 1. The third-order valence-electron chi connectivity index (χ3n) is 3.19. The fourth-order valence-electron chi connectivity index (χ4n) is 2.28. The van der Waals surface area contributed by atoms with Crippen LogP contribution in [0.1, 0.15) is 24.5 Å². The Balaban J connectivity index is 2.22. The zero-order chi connectivity index (χ0) is 13.3. The van der Waals surface area contributed by atoms with Crippen molar-refractivity contribution in [3.63, 3.8) is 0 Å². The minimum absolute atomic E-state index is 0.355. The number of halogens is 2. The van der Waals surface area contributed by atoms with Crippen LogP contribution in [-0.2, 0) is 0 Å². The summed E-state index contributed by atoms with van der Waals surface area (Å²) in [6.07, 6.45) is -0.474. The zero-order valence-corrected chi connectivity index (χ0v) is 11.0. The van der Waals surface area contributed by atoms with Crippen molar-refractivity contribution in [2.75, 3.05) is 6.54 Å². The van der Waals surface area contributed by atoms with Gasteiger partial charge in [0, 0.05) is 6.54 Å². The van der Waals surface area contributed by atoms with Crippen molar-refractivity contribution < 1.29 is 15.0 Å². The highest BCUT2D eigenvalue weighted by molar-refractivity contribution is 6.42. The molecule has 1 saturated heterocycles. The standard InChI is InChI=1S/C12H13Cl2NO3/c13-8-4-3-7(6-9(8)14)11(16)10-2-1-5-15(10)12(17)18/h3-4,6,10-11,16H,1-2,5H2,(H,17,18)/t10-,11+/m0/s1. The molecule has 0 saturated carbocycles. The van der Waals surface area contributed by atoms with Crippen molar-refractivity contribution >= 4 is 29.3 Å². The van der Waals surface area contributed by atoms with Crippen LogP contribution in [0.2, 0.25) is 10.0 Å². The van der Waals surface area contributed by atoms with E-state index < -0.39 is 18.2 Å². The molecule has 1 aliphatic rings. The van der Waals surface area contributed by atoms with Crippen molar-refractivity contribution in [2.45, 2.75) is 25.0 Å². The van der Waals surface area contributed by atoms with Gasteiger partial charge in [0.2, 0.25) is 0 Å². The molecule has 2 rings (SSSR count). The average molecular weight is 290 g/mol. The lowest BCUT2D eigenvalue weighted by Gasteiger charge is -2.26. The number of aliphatic hydroxyl groups is 1. The molecule has 1 fully saturated rings. The van der Waals surface area contributed by atoms with Gasteiger partial charge in [0.05, 0.1) is 22.2 Å². The summed E-state index contributed by atoms with van der Waals surface area (Å²) in [4.78, 5) is 12.3. The number of hydrogen-bond acceptors (Lipinski definition) is 2. The molecule has 0 aliphatic carbocycles. The molecule has 1 aliphatic heterocycles. The molecule has 98 valence electrons. The van der Waals surface area contributed by atoms with Crippen LogP contribution >= 0.6 is 23.2 Å². The van der Waals surface area contributed by atoms with Crippen LogP contribution in [-0.4, -0.2) is 33.8 Å². The molecule has 0 spiro atoms. The van der Waals surface area contributed by atoms with Gasteiger partial charge in [-0.25, -0.2) is 4.79 Å². The Morgan fingerprint density at radius 2 is 2.11 bits per heavy atom. The molecule has 6 heteroatoms. The Labute approximate surface area is 115 Å². The van der Waals surface area contributed by atoms with Crippen LogP contribution in [0.15, 0.2) is 18.2 Å². The van der Waals surface area contributed by atoms with Crippen molar-refractivity contribution in [1.29, 1.82) is 0 Å². The van der Waals surface area contributed by atoms with Crippen molar-refractivity contribution in [2.24, 2.45) is 0 Å². The first-order valence-electron chi connectivity index (χ1n) is 5.63. The summed E-state index contributed by atoms with van der Waals surface area (Å²) in [5, 5.41) is 20.1. The summed E-state index contributed by atoms with van der Waals surface area (Å²) in [7, 11) is 0. The van der Waals surface area contributed by atoms with E-state index in [1.807, 2.05) is 0 Å². The van der Waals surface area contributed by atoms with E-state index in [4.69, 9.17) is 28.3 Å². The topological polar surface area (TPSA) is 60.8 Å². The molecule has 4 nitrogen and oxygen atoms in total. The highest BCUT2D eigenvalue weighted by Gasteiger charge is 2.34. The van der Waals surface area contributed by atoms with Crippen LogP contribution in [0.3, 0.4) is 0 Å². The van der Waals surface area contributed by atoms with E-state index in [1.165, 1.54) is 4.90 Å². The summed E-state index contributed by atoms with van der Waals surface area (Å²) < 4.78 is 0. The molecule has 0 aromatic heterocycles. The number of aliphatic hydroxyl groups excluding tert-OH is 1. The lowest BCUT2D eigenvalue weighted by molar-refractivity contribution is 0.0677. The van der Waals surface area contributed by atoms with E-state index in [9.17, 15) is 9.90 Å². The predicted molar refractivity (Wildman–Crippen MR) is 69.2 cm³/mol. The molecule has 1 amide bonds. The summed E-state index contributed by atoms with van der Waals surface area (Å²) >= 11 is 11.7. The van der Waals surface area contributed by atoms with Crippen LogP contribution in [0, 0.1) is 0 Å². The molecule has 2 atom stereocenters. The van der Waals surface area contributed by atoms with E-state index >= 15 is 0 Å². The third-order valence-corrected chi connectivity index (χ3v) is 3.93. The fraction of sp³-hybridized carbons (Fsp3) is 0.417. The fourth-order valence-corrected chi connectivity index (χ4v) is 2.58. The molecule has 1 heterocycles. The Kier molecular flexibility index (Phi) is 4.00. The van der Waals surface area contributed by atoms with Crippen LogP contribution < -0.4 is 0 Å². The molecular formula is C12H13Cl2NO3. The summed E-state index contributed by atoms with van der Waals surface area (Å²) in [6, 6.07) is 4.42. The van der Waals surface area contributed by atoms with E-state index in [2.05, 4.69) is 0 Å². The number of amides is 1. The maximum Gasteiger partial charge on any atom is 0.407 e. The first kappa shape index (κ1) is 13.5. The van der Waals surface area contributed by atoms with Gasteiger partial charge in [-0.2, -0.15) is 0 Å². The summed E-state index contributed by atoms with van der Waals surface area (Å²) in [5.41, 5.74) is 0.586. The van der Waals surface area contributed by atoms with Gasteiger partial charge in [-0.05, 0) is 30.5 Å². The number of carbonyl (C=O) groups is 1. The predicted octanol–water partition coefficient (Wildman–Crippen LogP) is 3.17. The lowest BCUT2D eigenvalue weighted by Crippen LogP contribution is -2.38. The Morgan fingerprint density at radius 3 is 2.72 bits per heavy atom. The first-order chi connectivity index (χ1) is 8.50. The molecule has 18 heavy (non-hydrogen) atoms. The Bertz CT molecular complexity index is 467. The van der Waals surface area contributed by atoms with E-state index in [-0.39, 0.29) is 0 Å². The smallest absolute Gasteiger partial charge is 0.407 e. The molecule has 0 unspecified atom stereocenters. The normalized spacial score (nSPS) is 21.1. The number of hydrogen-bond donors (Lipinski definition) is 2. The van der Waals surface area contributed by atoms with Gasteiger partial charge >= 0.3 is 6.09 Å². The van der Waals surface area contributed by atoms with Gasteiger partial charge in [-0.1, -0.05) is 29.3 Å². The van der Waals surface area contributed by atoms with Crippen molar-refractivity contribution in [1.82, 2.24) is 4.90 Å². The van der Waals surface area contributed by atoms with Crippen LogP contribution in [0.5, 0.6) is 0 Å². The largest absolute Gasteiger partial charge is 0.465 e. The van der Waals surface area contributed by atoms with Crippen molar-refractivity contribution in [3.8, 4) is 0 Å². The highest BCUT2D eigenvalue weighted by atomic mass is 35.5. The van der Waals surface area contributed by atoms with Crippen molar-refractivity contribution in [3.05, 3.63) is 33.8 Å². The molecule has 0 radical (unpaired) electrons.